The van der Waals surface area contributed by atoms with Crippen LogP contribution in [0.15, 0.2) is 30.3 Å². The normalized spacial score (nSPS) is 12.6. The van der Waals surface area contributed by atoms with Crippen molar-refractivity contribution in [2.24, 2.45) is 13.0 Å². The standard InChI is InChI=1S/C20H30N4O/c1-14(2)11-17-12-18(24(6)22-17)20(25)21-13-19(23(4)5)16-9-7-15(3)8-10-16/h7-10,12,14,19H,11,13H2,1-6H3,(H,21,25)/t19-/m1/s1. The third-order valence-corrected chi connectivity index (χ3v) is 4.32. The van der Waals surface area contributed by atoms with Gasteiger partial charge in [0.1, 0.15) is 5.69 Å². The Kier molecular flexibility index (Phi) is 6.37. The quantitative estimate of drug-likeness (QED) is 0.842. The third-order valence-electron chi connectivity index (χ3n) is 4.32. The molecule has 136 valence electrons. The molecule has 0 unspecified atom stereocenters. The zero-order valence-corrected chi connectivity index (χ0v) is 16.2. The number of rotatable bonds is 7. The number of hydrogen-bond donors (Lipinski definition) is 1. The Balaban J connectivity index is 2.06. The summed E-state index contributed by atoms with van der Waals surface area (Å²) in [5, 5.41) is 7.51. The molecule has 1 atom stereocenters. The van der Waals surface area contributed by atoms with E-state index in [1.165, 1.54) is 11.1 Å². The first-order valence-corrected chi connectivity index (χ1v) is 8.82. The smallest absolute Gasteiger partial charge is 0.269 e. The lowest BCUT2D eigenvalue weighted by molar-refractivity contribution is 0.0932. The van der Waals surface area contributed by atoms with E-state index in [4.69, 9.17) is 0 Å². The van der Waals surface area contributed by atoms with Crippen LogP contribution in [-0.2, 0) is 13.5 Å². The Hall–Kier alpha value is -2.14. The first-order valence-electron chi connectivity index (χ1n) is 8.82. The van der Waals surface area contributed by atoms with Crippen molar-refractivity contribution < 1.29 is 4.79 Å². The molecule has 2 rings (SSSR count). The molecule has 25 heavy (non-hydrogen) atoms. The number of benzene rings is 1. The second kappa shape index (κ2) is 8.30. The highest BCUT2D eigenvalue weighted by Crippen LogP contribution is 2.18. The molecule has 1 heterocycles. The van der Waals surface area contributed by atoms with Gasteiger partial charge in [-0.1, -0.05) is 43.7 Å². The van der Waals surface area contributed by atoms with E-state index < -0.39 is 0 Å². The van der Waals surface area contributed by atoms with Crippen LogP contribution in [0.5, 0.6) is 0 Å². The predicted octanol–water partition coefficient (Wildman–Crippen LogP) is 2.96. The third kappa shape index (κ3) is 5.16. The topological polar surface area (TPSA) is 50.2 Å². The Morgan fingerprint density at radius 1 is 1.24 bits per heavy atom. The first kappa shape index (κ1) is 19.2. The maximum Gasteiger partial charge on any atom is 0.269 e. The summed E-state index contributed by atoms with van der Waals surface area (Å²) in [7, 11) is 5.88. The summed E-state index contributed by atoms with van der Waals surface area (Å²) in [4.78, 5) is 14.7. The zero-order valence-electron chi connectivity index (χ0n) is 16.2. The fraction of sp³-hybridized carbons (Fsp3) is 0.500. The van der Waals surface area contributed by atoms with Crippen molar-refractivity contribution in [2.45, 2.75) is 33.2 Å². The molecular formula is C20H30N4O. The minimum atomic E-state index is -0.0797. The maximum atomic E-state index is 12.6. The van der Waals surface area contributed by atoms with Crippen molar-refractivity contribution in [3.05, 3.63) is 52.8 Å². The zero-order chi connectivity index (χ0) is 18.6. The minimum absolute atomic E-state index is 0.0797. The molecule has 0 aliphatic carbocycles. The molecule has 1 aromatic carbocycles. The second-order valence-corrected chi connectivity index (χ2v) is 7.34. The lowest BCUT2D eigenvalue weighted by atomic mass is 10.0. The van der Waals surface area contributed by atoms with Crippen LogP contribution in [0.1, 0.15) is 47.2 Å². The van der Waals surface area contributed by atoms with Crippen LogP contribution in [0.3, 0.4) is 0 Å². The average molecular weight is 342 g/mol. The van der Waals surface area contributed by atoms with Gasteiger partial charge in [-0.2, -0.15) is 5.10 Å². The van der Waals surface area contributed by atoms with Gasteiger partial charge in [-0.3, -0.25) is 9.48 Å². The molecule has 0 aliphatic rings. The summed E-state index contributed by atoms with van der Waals surface area (Å²) >= 11 is 0. The number of carbonyl (C=O) groups excluding carboxylic acids is 1. The summed E-state index contributed by atoms with van der Waals surface area (Å²) in [5.41, 5.74) is 4.00. The van der Waals surface area contributed by atoms with Gasteiger partial charge in [-0.25, -0.2) is 0 Å². The van der Waals surface area contributed by atoms with E-state index >= 15 is 0 Å². The molecule has 0 radical (unpaired) electrons. The summed E-state index contributed by atoms with van der Waals surface area (Å²) in [6.45, 7) is 6.93. The van der Waals surface area contributed by atoms with E-state index in [2.05, 4.69) is 60.4 Å². The van der Waals surface area contributed by atoms with Gasteiger partial charge in [0, 0.05) is 13.6 Å². The van der Waals surface area contributed by atoms with Crippen LogP contribution in [0, 0.1) is 12.8 Å². The van der Waals surface area contributed by atoms with Gasteiger partial charge in [-0.15, -0.1) is 0 Å². The largest absolute Gasteiger partial charge is 0.349 e. The first-order chi connectivity index (χ1) is 11.8. The van der Waals surface area contributed by atoms with Gasteiger partial charge in [0.2, 0.25) is 0 Å². The predicted molar refractivity (Wildman–Crippen MR) is 102 cm³/mol. The van der Waals surface area contributed by atoms with Gasteiger partial charge < -0.3 is 10.2 Å². The number of amides is 1. The number of aromatic nitrogens is 2. The fourth-order valence-corrected chi connectivity index (χ4v) is 2.92. The molecular weight excluding hydrogens is 312 g/mol. The molecule has 0 aliphatic heterocycles. The van der Waals surface area contributed by atoms with E-state index in [9.17, 15) is 4.79 Å². The van der Waals surface area contributed by atoms with E-state index in [-0.39, 0.29) is 11.9 Å². The Labute approximate surface area is 151 Å². The summed E-state index contributed by atoms with van der Waals surface area (Å²) in [5.74, 6) is 0.439. The molecule has 0 fully saturated rings. The Bertz CT molecular complexity index is 701. The Morgan fingerprint density at radius 3 is 2.44 bits per heavy atom. The fourth-order valence-electron chi connectivity index (χ4n) is 2.92. The van der Waals surface area contributed by atoms with E-state index in [0.717, 1.165) is 12.1 Å². The monoisotopic (exact) mass is 342 g/mol. The van der Waals surface area contributed by atoms with E-state index in [0.29, 0.717) is 18.2 Å². The molecule has 0 saturated heterocycles. The van der Waals surface area contributed by atoms with Crippen molar-refractivity contribution in [2.75, 3.05) is 20.6 Å². The van der Waals surface area contributed by atoms with E-state index in [1.807, 2.05) is 27.2 Å². The molecule has 5 nitrogen and oxygen atoms in total. The van der Waals surface area contributed by atoms with Crippen molar-refractivity contribution in [3.8, 4) is 0 Å². The molecule has 0 bridgehead atoms. The molecule has 0 saturated carbocycles. The average Bonchev–Trinajstić information content (AvgIpc) is 2.88. The number of carbonyl (C=O) groups is 1. The molecule has 1 N–H and O–H groups in total. The van der Waals surface area contributed by atoms with Gasteiger partial charge in [0.15, 0.2) is 0 Å². The minimum Gasteiger partial charge on any atom is -0.349 e. The van der Waals surface area contributed by atoms with Crippen molar-refractivity contribution in [1.82, 2.24) is 20.0 Å². The molecule has 0 spiro atoms. The Morgan fingerprint density at radius 2 is 1.88 bits per heavy atom. The summed E-state index contributed by atoms with van der Waals surface area (Å²) in [6.07, 6.45) is 0.880. The molecule has 2 aromatic rings. The van der Waals surface area contributed by atoms with Crippen LogP contribution >= 0.6 is 0 Å². The number of nitrogens with one attached hydrogen (secondary N) is 1. The molecule has 5 heteroatoms. The highest BCUT2D eigenvalue weighted by atomic mass is 16.2. The lowest BCUT2D eigenvalue weighted by Crippen LogP contribution is -2.35. The molecule has 1 aromatic heterocycles. The maximum absolute atomic E-state index is 12.6. The van der Waals surface area contributed by atoms with E-state index in [1.54, 1.807) is 4.68 Å². The van der Waals surface area contributed by atoms with Crippen LogP contribution in [0.25, 0.3) is 0 Å². The van der Waals surface area contributed by atoms with Crippen molar-refractivity contribution >= 4 is 5.91 Å². The second-order valence-electron chi connectivity index (χ2n) is 7.34. The van der Waals surface area contributed by atoms with Gasteiger partial charge in [-0.05, 0) is 45.0 Å². The summed E-state index contributed by atoms with van der Waals surface area (Å²) < 4.78 is 1.67. The van der Waals surface area contributed by atoms with Gasteiger partial charge in [0.05, 0.1) is 11.7 Å². The van der Waals surface area contributed by atoms with Crippen LogP contribution in [0.4, 0.5) is 0 Å². The SMILES string of the molecule is Cc1ccc([C@@H](CNC(=O)c2cc(CC(C)C)nn2C)N(C)C)cc1. The summed E-state index contributed by atoms with van der Waals surface area (Å²) in [6, 6.07) is 10.5. The van der Waals surface area contributed by atoms with Crippen molar-refractivity contribution in [1.29, 1.82) is 0 Å². The number of likely N-dealkylation sites (N-methyl/N-ethyl adjacent to an activating group) is 1. The number of aryl methyl sites for hydroxylation is 2. The molecule has 1 amide bonds. The van der Waals surface area contributed by atoms with Crippen LogP contribution in [0.2, 0.25) is 0 Å². The van der Waals surface area contributed by atoms with Crippen LogP contribution in [-0.4, -0.2) is 41.2 Å². The number of hydrogen-bond acceptors (Lipinski definition) is 3. The highest BCUT2D eigenvalue weighted by Gasteiger charge is 2.18. The highest BCUT2D eigenvalue weighted by molar-refractivity contribution is 5.92. The van der Waals surface area contributed by atoms with Crippen LogP contribution < -0.4 is 5.32 Å². The van der Waals surface area contributed by atoms with Crippen molar-refractivity contribution in [3.63, 3.8) is 0 Å². The van der Waals surface area contributed by atoms with Gasteiger partial charge in [0.25, 0.3) is 5.91 Å². The lowest BCUT2D eigenvalue weighted by Gasteiger charge is -2.25. The van der Waals surface area contributed by atoms with Gasteiger partial charge >= 0.3 is 0 Å². The number of nitrogens with zero attached hydrogens (tertiary/aromatic N) is 3.